The summed E-state index contributed by atoms with van der Waals surface area (Å²) in [5.74, 6) is -3.00. The second-order valence-corrected chi connectivity index (χ2v) is 9.69. The molecule has 1 rings (SSSR count). The van der Waals surface area contributed by atoms with Crippen molar-refractivity contribution < 1.29 is 19.8 Å². The first-order valence-electron chi connectivity index (χ1n) is 13.3. The van der Waals surface area contributed by atoms with E-state index in [-0.39, 0.29) is 0 Å². The first-order valence-corrected chi connectivity index (χ1v) is 13.3. The molecule has 2 N–H and O–H groups in total. The second-order valence-electron chi connectivity index (χ2n) is 9.69. The first kappa shape index (κ1) is 28.5. The number of unbranched alkanes of at least 4 members (excludes halogenated alkanes) is 14. The highest BCUT2D eigenvalue weighted by Gasteiger charge is 2.47. The standard InChI is InChI=1S/C28H48O4/c1-3-5-7-9-11-13-15-17-19-24-20-22-28(27(31)32,25(23-24)26(29)30)21-18-16-14-12-10-8-6-4-2/h20,22-23,25H,3-19,21H2,1-2H3,(H,29,30)(H,31,32). The van der Waals surface area contributed by atoms with Crippen molar-refractivity contribution in [3.63, 3.8) is 0 Å². The van der Waals surface area contributed by atoms with Gasteiger partial charge in [-0.05, 0) is 19.3 Å². The fraction of sp³-hybridized carbons (Fsp3) is 0.786. The van der Waals surface area contributed by atoms with Crippen LogP contribution >= 0.6 is 0 Å². The van der Waals surface area contributed by atoms with E-state index in [4.69, 9.17) is 0 Å². The minimum absolute atomic E-state index is 0.395. The van der Waals surface area contributed by atoms with Crippen LogP contribution in [-0.4, -0.2) is 22.2 Å². The summed E-state index contributed by atoms with van der Waals surface area (Å²) < 4.78 is 0. The van der Waals surface area contributed by atoms with Crippen molar-refractivity contribution in [2.75, 3.05) is 0 Å². The number of hydrogen-bond donors (Lipinski definition) is 2. The van der Waals surface area contributed by atoms with Gasteiger partial charge >= 0.3 is 11.9 Å². The maximum absolute atomic E-state index is 12.2. The Morgan fingerprint density at radius 1 is 0.750 bits per heavy atom. The summed E-state index contributed by atoms with van der Waals surface area (Å²) in [7, 11) is 0. The summed E-state index contributed by atoms with van der Waals surface area (Å²) in [6.45, 7) is 4.43. The van der Waals surface area contributed by atoms with Gasteiger partial charge in [0, 0.05) is 0 Å². The molecule has 4 heteroatoms. The summed E-state index contributed by atoms with van der Waals surface area (Å²) in [4.78, 5) is 24.2. The molecule has 0 aromatic carbocycles. The second kappa shape index (κ2) is 17.0. The Bertz CT molecular complexity index is 592. The molecule has 1 aliphatic rings. The molecule has 32 heavy (non-hydrogen) atoms. The van der Waals surface area contributed by atoms with Gasteiger partial charge in [-0.15, -0.1) is 0 Å². The van der Waals surface area contributed by atoms with E-state index in [1.807, 2.05) is 6.08 Å². The molecular weight excluding hydrogens is 400 g/mol. The molecule has 1 aliphatic carbocycles. The summed E-state index contributed by atoms with van der Waals surface area (Å²) in [6, 6.07) is 0. The number of aliphatic carboxylic acids is 2. The van der Waals surface area contributed by atoms with Crippen molar-refractivity contribution in [2.24, 2.45) is 11.3 Å². The molecule has 0 heterocycles. The number of carboxylic acids is 2. The smallest absolute Gasteiger partial charge is 0.314 e. The Labute approximate surface area is 196 Å². The topological polar surface area (TPSA) is 74.6 Å². The number of carboxylic acid groups (broad SMARTS) is 2. The van der Waals surface area contributed by atoms with E-state index < -0.39 is 23.3 Å². The zero-order valence-corrected chi connectivity index (χ0v) is 20.7. The van der Waals surface area contributed by atoms with Crippen LogP contribution in [0.25, 0.3) is 0 Å². The Hall–Kier alpha value is -1.58. The van der Waals surface area contributed by atoms with Crippen LogP contribution in [0.2, 0.25) is 0 Å². The molecule has 0 bridgehead atoms. The maximum atomic E-state index is 12.2. The monoisotopic (exact) mass is 448 g/mol. The third kappa shape index (κ3) is 10.4. The highest BCUT2D eigenvalue weighted by molar-refractivity contribution is 5.87. The molecule has 2 unspecified atom stereocenters. The normalized spacial score (nSPS) is 20.3. The lowest BCUT2D eigenvalue weighted by molar-refractivity contribution is -0.157. The van der Waals surface area contributed by atoms with Gasteiger partial charge in [0.25, 0.3) is 0 Å². The van der Waals surface area contributed by atoms with Crippen LogP contribution in [0.15, 0.2) is 23.8 Å². The van der Waals surface area contributed by atoms with Gasteiger partial charge in [0.1, 0.15) is 5.41 Å². The van der Waals surface area contributed by atoms with Crippen molar-refractivity contribution >= 4 is 11.9 Å². The van der Waals surface area contributed by atoms with E-state index in [9.17, 15) is 19.8 Å². The molecule has 0 spiro atoms. The minimum atomic E-state index is -1.31. The lowest BCUT2D eigenvalue weighted by atomic mass is 9.68. The fourth-order valence-corrected chi connectivity index (χ4v) is 4.80. The van der Waals surface area contributed by atoms with Gasteiger partial charge < -0.3 is 10.2 Å². The SMILES string of the molecule is CCCCCCCCCCC1=CC(C(=O)O)C(CCCCCCCCCC)(C(=O)O)C=C1. The van der Waals surface area contributed by atoms with Gasteiger partial charge in [-0.2, -0.15) is 0 Å². The zero-order valence-electron chi connectivity index (χ0n) is 20.7. The van der Waals surface area contributed by atoms with E-state index in [1.54, 1.807) is 12.2 Å². The maximum Gasteiger partial charge on any atom is 0.314 e. The molecule has 0 saturated carbocycles. The van der Waals surface area contributed by atoms with Gasteiger partial charge in [-0.25, -0.2) is 0 Å². The molecular formula is C28H48O4. The Balaban J connectivity index is 2.50. The van der Waals surface area contributed by atoms with E-state index >= 15 is 0 Å². The first-order chi connectivity index (χ1) is 15.5. The highest BCUT2D eigenvalue weighted by Crippen LogP contribution is 2.41. The molecule has 0 aromatic rings. The quantitative estimate of drug-likeness (QED) is 0.184. The van der Waals surface area contributed by atoms with Gasteiger partial charge in [-0.3, -0.25) is 9.59 Å². The van der Waals surface area contributed by atoms with Crippen LogP contribution in [-0.2, 0) is 9.59 Å². The van der Waals surface area contributed by atoms with Crippen LogP contribution in [0, 0.1) is 11.3 Å². The van der Waals surface area contributed by atoms with Gasteiger partial charge in [0.15, 0.2) is 0 Å². The third-order valence-corrected chi connectivity index (χ3v) is 6.96. The van der Waals surface area contributed by atoms with Crippen molar-refractivity contribution in [1.29, 1.82) is 0 Å². The number of allylic oxidation sites excluding steroid dienone is 2. The largest absolute Gasteiger partial charge is 0.481 e. The molecule has 0 fully saturated rings. The Kier molecular flexibility index (Phi) is 15.1. The van der Waals surface area contributed by atoms with Crippen molar-refractivity contribution in [3.05, 3.63) is 23.8 Å². The summed E-state index contributed by atoms with van der Waals surface area (Å²) in [6.07, 6.45) is 25.4. The predicted molar refractivity (Wildman–Crippen MR) is 133 cm³/mol. The molecule has 0 aliphatic heterocycles. The molecule has 184 valence electrons. The molecule has 4 nitrogen and oxygen atoms in total. The van der Waals surface area contributed by atoms with E-state index in [1.165, 1.54) is 70.6 Å². The van der Waals surface area contributed by atoms with Gasteiger partial charge in [-0.1, -0.05) is 134 Å². The van der Waals surface area contributed by atoms with Crippen molar-refractivity contribution in [1.82, 2.24) is 0 Å². The summed E-state index contributed by atoms with van der Waals surface area (Å²) in [5.41, 5.74) is -0.326. The number of carbonyl (C=O) groups is 2. The molecule has 0 radical (unpaired) electrons. The summed E-state index contributed by atoms with van der Waals surface area (Å²) >= 11 is 0. The molecule has 0 saturated heterocycles. The van der Waals surface area contributed by atoms with Crippen LogP contribution in [0.1, 0.15) is 129 Å². The van der Waals surface area contributed by atoms with Crippen LogP contribution in [0.4, 0.5) is 0 Å². The number of rotatable bonds is 20. The van der Waals surface area contributed by atoms with E-state index in [2.05, 4.69) is 13.8 Å². The molecule has 2 atom stereocenters. The lowest BCUT2D eigenvalue weighted by Gasteiger charge is -2.33. The van der Waals surface area contributed by atoms with Crippen LogP contribution in [0.5, 0.6) is 0 Å². The third-order valence-electron chi connectivity index (χ3n) is 6.96. The predicted octanol–water partition coefficient (Wildman–Crippen LogP) is 8.32. The molecule has 0 aromatic heterocycles. The lowest BCUT2D eigenvalue weighted by Crippen LogP contribution is -2.41. The zero-order chi connectivity index (χ0) is 23.7. The van der Waals surface area contributed by atoms with Gasteiger partial charge in [0.05, 0.1) is 5.92 Å². The molecule has 0 amide bonds. The Morgan fingerprint density at radius 3 is 1.69 bits per heavy atom. The van der Waals surface area contributed by atoms with Crippen molar-refractivity contribution in [3.8, 4) is 0 Å². The van der Waals surface area contributed by atoms with Crippen molar-refractivity contribution in [2.45, 2.75) is 129 Å². The average molecular weight is 449 g/mol. The fourth-order valence-electron chi connectivity index (χ4n) is 4.80. The average Bonchev–Trinajstić information content (AvgIpc) is 2.77. The highest BCUT2D eigenvalue weighted by atomic mass is 16.4. The van der Waals surface area contributed by atoms with Gasteiger partial charge in [0.2, 0.25) is 0 Å². The Morgan fingerprint density at radius 2 is 1.22 bits per heavy atom. The summed E-state index contributed by atoms with van der Waals surface area (Å²) in [5, 5.41) is 19.8. The van der Waals surface area contributed by atoms with E-state index in [0.29, 0.717) is 6.42 Å². The minimum Gasteiger partial charge on any atom is -0.481 e. The van der Waals surface area contributed by atoms with Crippen LogP contribution in [0.3, 0.4) is 0 Å². The number of hydrogen-bond acceptors (Lipinski definition) is 2. The van der Waals surface area contributed by atoms with Crippen LogP contribution < -0.4 is 0 Å². The van der Waals surface area contributed by atoms with E-state index in [0.717, 1.165) is 44.1 Å².